The van der Waals surface area contributed by atoms with Crippen LogP contribution in [-0.2, 0) is 0 Å². The molecule has 1 aliphatic rings. The summed E-state index contributed by atoms with van der Waals surface area (Å²) in [5.74, 6) is -0.180. The molecule has 0 saturated carbocycles. The molecular formula is C25H25N9O. The van der Waals surface area contributed by atoms with Gasteiger partial charge in [0.05, 0.1) is 35.3 Å². The summed E-state index contributed by atoms with van der Waals surface area (Å²) in [6.07, 6.45) is 8.71. The fourth-order valence-corrected chi connectivity index (χ4v) is 4.49. The van der Waals surface area contributed by atoms with Crippen molar-refractivity contribution in [2.45, 2.75) is 25.3 Å². The number of carbonyl (C=O) groups excluding carboxylic acids is 1. The third-order valence-electron chi connectivity index (χ3n) is 6.38. The highest BCUT2D eigenvalue weighted by atomic mass is 16.1. The highest BCUT2D eigenvalue weighted by molar-refractivity contribution is 6.04. The lowest BCUT2D eigenvalue weighted by Crippen LogP contribution is -2.15. The normalized spacial score (nSPS) is 16.3. The number of amides is 1. The molecule has 176 valence electrons. The number of nitrogens with one attached hydrogen (secondary N) is 3. The van der Waals surface area contributed by atoms with E-state index >= 15 is 0 Å². The van der Waals surface area contributed by atoms with Crippen LogP contribution < -0.4 is 10.6 Å². The molecule has 1 fully saturated rings. The van der Waals surface area contributed by atoms with Crippen molar-refractivity contribution < 1.29 is 4.79 Å². The topological polar surface area (TPSA) is 118 Å². The molecule has 3 N–H and O–H groups in total. The summed E-state index contributed by atoms with van der Waals surface area (Å²) < 4.78 is 3.64. The predicted octanol–water partition coefficient (Wildman–Crippen LogP) is 3.57. The number of hydrogen-bond acceptors (Lipinski definition) is 6. The quantitative estimate of drug-likeness (QED) is 0.364. The van der Waals surface area contributed by atoms with Crippen LogP contribution in [0.5, 0.6) is 0 Å². The van der Waals surface area contributed by atoms with Gasteiger partial charge in [0, 0.05) is 17.1 Å². The van der Waals surface area contributed by atoms with Crippen LogP contribution in [0.1, 0.15) is 35.7 Å². The van der Waals surface area contributed by atoms with Gasteiger partial charge in [-0.25, -0.2) is 4.68 Å². The molecule has 1 saturated heterocycles. The fraction of sp³-hybridized carbons (Fsp3) is 0.240. The smallest absolute Gasteiger partial charge is 0.255 e. The van der Waals surface area contributed by atoms with Gasteiger partial charge < -0.3 is 10.6 Å². The number of carbonyl (C=O) groups is 1. The number of H-pyrrole nitrogens is 1. The van der Waals surface area contributed by atoms with Crippen LogP contribution in [0.2, 0.25) is 0 Å². The fourth-order valence-electron chi connectivity index (χ4n) is 4.49. The number of hydrogen-bond donors (Lipinski definition) is 3. The van der Waals surface area contributed by atoms with Crippen molar-refractivity contribution in [3.05, 3.63) is 72.7 Å². The van der Waals surface area contributed by atoms with Crippen molar-refractivity contribution in [3.8, 4) is 17.1 Å². The van der Waals surface area contributed by atoms with Gasteiger partial charge in [-0.05, 0) is 62.7 Å². The summed E-state index contributed by atoms with van der Waals surface area (Å²) >= 11 is 0. The van der Waals surface area contributed by atoms with Gasteiger partial charge in [0.15, 0.2) is 0 Å². The second kappa shape index (κ2) is 9.15. The molecule has 0 aliphatic carbocycles. The maximum Gasteiger partial charge on any atom is 0.255 e. The van der Waals surface area contributed by atoms with Crippen LogP contribution in [0.4, 0.5) is 5.69 Å². The molecule has 0 bridgehead atoms. The molecule has 0 spiro atoms. The Morgan fingerprint density at radius 2 is 1.91 bits per heavy atom. The maximum atomic E-state index is 12.8. The standard InChI is InChI=1S/C25H25N9O/c35-25(28-18-14-27-33(15-18)19-4-3-12-26-13-11-19)17-7-9-20(10-8-17)34-16-23(30-32-34)24-21-5-1-2-6-22(21)29-31-24/h1-2,5-10,14-16,19,26H,3-4,11-13H2,(H,28,35)(H,29,31). The van der Waals surface area contributed by atoms with E-state index in [9.17, 15) is 4.79 Å². The zero-order valence-corrected chi connectivity index (χ0v) is 19.1. The lowest BCUT2D eigenvalue weighted by molar-refractivity contribution is 0.102. The number of para-hydroxylation sites is 1. The summed E-state index contributed by atoms with van der Waals surface area (Å²) in [6, 6.07) is 15.5. The Morgan fingerprint density at radius 1 is 1.03 bits per heavy atom. The van der Waals surface area contributed by atoms with Crippen LogP contribution in [-0.4, -0.2) is 54.0 Å². The highest BCUT2D eigenvalue weighted by Crippen LogP contribution is 2.25. The van der Waals surface area contributed by atoms with Crippen molar-refractivity contribution in [2.24, 2.45) is 0 Å². The Hall–Kier alpha value is -4.31. The highest BCUT2D eigenvalue weighted by Gasteiger charge is 2.16. The summed E-state index contributed by atoms with van der Waals surface area (Å²) in [7, 11) is 0. The maximum absolute atomic E-state index is 12.8. The third kappa shape index (κ3) is 4.31. The summed E-state index contributed by atoms with van der Waals surface area (Å²) in [6.45, 7) is 2.04. The Labute approximate surface area is 201 Å². The molecule has 10 heteroatoms. The van der Waals surface area contributed by atoms with E-state index in [1.165, 1.54) is 0 Å². The molecule has 1 amide bonds. The minimum atomic E-state index is -0.180. The number of aromatic nitrogens is 7. The van der Waals surface area contributed by atoms with Crippen LogP contribution in [0, 0.1) is 0 Å². The van der Waals surface area contributed by atoms with E-state index in [1.807, 2.05) is 53.5 Å². The molecule has 35 heavy (non-hydrogen) atoms. The Kier molecular flexibility index (Phi) is 5.55. The molecule has 3 aromatic heterocycles. The van der Waals surface area contributed by atoms with Crippen molar-refractivity contribution in [1.82, 2.24) is 40.3 Å². The van der Waals surface area contributed by atoms with Crippen LogP contribution in [0.25, 0.3) is 28.0 Å². The molecule has 4 heterocycles. The van der Waals surface area contributed by atoms with Gasteiger partial charge in [-0.15, -0.1) is 5.10 Å². The number of benzene rings is 2. The van der Waals surface area contributed by atoms with E-state index in [0.29, 0.717) is 23.0 Å². The third-order valence-corrected chi connectivity index (χ3v) is 6.38. The second-order valence-electron chi connectivity index (χ2n) is 8.71. The van der Waals surface area contributed by atoms with Gasteiger partial charge >= 0.3 is 0 Å². The predicted molar refractivity (Wildman–Crippen MR) is 132 cm³/mol. The van der Waals surface area contributed by atoms with Crippen LogP contribution in [0.15, 0.2) is 67.1 Å². The second-order valence-corrected chi connectivity index (χ2v) is 8.71. The van der Waals surface area contributed by atoms with Crippen LogP contribution in [0.3, 0.4) is 0 Å². The molecule has 6 rings (SSSR count). The van der Waals surface area contributed by atoms with Crippen molar-refractivity contribution in [2.75, 3.05) is 18.4 Å². The van der Waals surface area contributed by atoms with E-state index in [0.717, 1.165) is 54.6 Å². The van der Waals surface area contributed by atoms with Gasteiger partial charge in [0.1, 0.15) is 11.4 Å². The van der Waals surface area contributed by atoms with Gasteiger partial charge in [-0.2, -0.15) is 10.2 Å². The van der Waals surface area contributed by atoms with E-state index in [-0.39, 0.29) is 5.91 Å². The molecule has 0 radical (unpaired) electrons. The van der Waals surface area contributed by atoms with Gasteiger partial charge in [0.25, 0.3) is 5.91 Å². The average Bonchev–Trinajstić information content (AvgIpc) is 3.60. The zero-order valence-electron chi connectivity index (χ0n) is 19.1. The van der Waals surface area contributed by atoms with Gasteiger partial charge in [0.2, 0.25) is 0 Å². The van der Waals surface area contributed by atoms with E-state index in [1.54, 1.807) is 23.0 Å². The molecule has 1 unspecified atom stereocenters. The number of anilines is 1. The Balaban J connectivity index is 1.14. The first-order chi connectivity index (χ1) is 17.2. The lowest BCUT2D eigenvalue weighted by atomic mass is 10.1. The largest absolute Gasteiger partial charge is 0.319 e. The minimum absolute atomic E-state index is 0.180. The molecule has 2 aromatic carbocycles. The number of nitrogens with zero attached hydrogens (tertiary/aromatic N) is 6. The van der Waals surface area contributed by atoms with Gasteiger partial charge in [-0.1, -0.05) is 23.4 Å². The monoisotopic (exact) mass is 467 g/mol. The minimum Gasteiger partial charge on any atom is -0.319 e. The first-order valence-corrected chi connectivity index (χ1v) is 11.8. The molecule has 1 aliphatic heterocycles. The van der Waals surface area contributed by atoms with Gasteiger partial charge in [-0.3, -0.25) is 14.6 Å². The van der Waals surface area contributed by atoms with Crippen molar-refractivity contribution >= 4 is 22.5 Å². The molecule has 1 atom stereocenters. The Morgan fingerprint density at radius 3 is 2.83 bits per heavy atom. The first kappa shape index (κ1) is 21.2. The average molecular weight is 468 g/mol. The number of fused-ring (bicyclic) bond motifs is 1. The van der Waals surface area contributed by atoms with Crippen molar-refractivity contribution in [1.29, 1.82) is 0 Å². The van der Waals surface area contributed by atoms with E-state index in [2.05, 4.69) is 36.2 Å². The Bertz CT molecular complexity index is 1460. The summed E-state index contributed by atoms with van der Waals surface area (Å²) in [5, 5.41) is 27.8. The molecule has 5 aromatic rings. The zero-order chi connectivity index (χ0) is 23.6. The number of aromatic amines is 1. The van der Waals surface area contributed by atoms with E-state index < -0.39 is 0 Å². The summed E-state index contributed by atoms with van der Waals surface area (Å²) in [5.41, 5.74) is 4.43. The van der Waals surface area contributed by atoms with Crippen LogP contribution >= 0.6 is 0 Å². The lowest BCUT2D eigenvalue weighted by Gasteiger charge is -2.13. The number of rotatable bonds is 5. The summed E-state index contributed by atoms with van der Waals surface area (Å²) in [4.78, 5) is 12.8. The SMILES string of the molecule is O=C(Nc1cnn(C2CCCNCC2)c1)c1ccc(-n2cc(-c3n[nH]c4ccccc34)nn2)cc1. The van der Waals surface area contributed by atoms with Crippen molar-refractivity contribution in [3.63, 3.8) is 0 Å². The first-order valence-electron chi connectivity index (χ1n) is 11.8. The van der Waals surface area contributed by atoms with E-state index in [4.69, 9.17) is 0 Å². The molecular weight excluding hydrogens is 442 g/mol. The molecule has 10 nitrogen and oxygen atoms in total.